The number of carbonyl (C=O) groups is 1. The Morgan fingerprint density at radius 1 is 1.39 bits per heavy atom. The van der Waals surface area contributed by atoms with E-state index in [1.54, 1.807) is 23.1 Å². The molecule has 1 fully saturated rings. The summed E-state index contributed by atoms with van der Waals surface area (Å²) in [6.07, 6.45) is 7.69. The maximum atomic E-state index is 12.2. The largest absolute Gasteiger partial charge is 0.304 e. The summed E-state index contributed by atoms with van der Waals surface area (Å²) in [5.41, 5.74) is 2.49. The van der Waals surface area contributed by atoms with Crippen molar-refractivity contribution in [2.75, 3.05) is 5.32 Å². The highest BCUT2D eigenvalue weighted by Gasteiger charge is 2.26. The Bertz CT molecular complexity index is 818. The zero-order valence-electron chi connectivity index (χ0n) is 12.4. The van der Waals surface area contributed by atoms with Gasteiger partial charge in [0.25, 0.3) is 5.91 Å². The van der Waals surface area contributed by atoms with Gasteiger partial charge in [0.05, 0.1) is 6.54 Å². The Morgan fingerprint density at radius 3 is 3.09 bits per heavy atom. The van der Waals surface area contributed by atoms with E-state index in [0.29, 0.717) is 24.0 Å². The van der Waals surface area contributed by atoms with Crippen LogP contribution in [0.1, 0.15) is 40.5 Å². The first-order valence-corrected chi connectivity index (χ1v) is 7.57. The number of nitrogens with one attached hydrogen (secondary N) is 2. The van der Waals surface area contributed by atoms with Crippen LogP contribution in [0, 0.1) is 0 Å². The van der Waals surface area contributed by atoms with Crippen molar-refractivity contribution in [1.82, 2.24) is 25.0 Å². The van der Waals surface area contributed by atoms with Gasteiger partial charge in [-0.05, 0) is 30.5 Å². The van der Waals surface area contributed by atoms with Gasteiger partial charge in [-0.1, -0.05) is 6.07 Å². The summed E-state index contributed by atoms with van der Waals surface area (Å²) in [6.45, 7) is 0.609. The molecule has 3 heterocycles. The predicted octanol–water partition coefficient (Wildman–Crippen LogP) is 2.18. The molecule has 3 aromatic rings. The van der Waals surface area contributed by atoms with E-state index in [0.717, 1.165) is 11.3 Å². The Hall–Kier alpha value is -2.96. The van der Waals surface area contributed by atoms with E-state index in [1.807, 2.05) is 24.4 Å². The van der Waals surface area contributed by atoms with E-state index < -0.39 is 0 Å². The van der Waals surface area contributed by atoms with Crippen LogP contribution in [0.3, 0.4) is 0 Å². The lowest BCUT2D eigenvalue weighted by Gasteiger charge is -2.01. The molecule has 1 amide bonds. The van der Waals surface area contributed by atoms with Crippen molar-refractivity contribution in [3.8, 4) is 0 Å². The lowest BCUT2D eigenvalue weighted by molar-refractivity contribution is 0.102. The molecular formula is C16H16N6O. The minimum Gasteiger partial charge on any atom is -0.304 e. The molecule has 23 heavy (non-hydrogen) atoms. The quantitative estimate of drug-likeness (QED) is 0.756. The molecule has 0 atom stereocenters. The molecule has 0 aliphatic heterocycles. The summed E-state index contributed by atoms with van der Waals surface area (Å²) >= 11 is 0. The molecule has 0 bridgehead atoms. The Morgan fingerprint density at radius 2 is 2.30 bits per heavy atom. The lowest BCUT2D eigenvalue weighted by atomic mass is 10.2. The number of rotatable bonds is 5. The van der Waals surface area contributed by atoms with Crippen molar-refractivity contribution >= 4 is 11.7 Å². The third-order valence-electron chi connectivity index (χ3n) is 3.80. The van der Waals surface area contributed by atoms with Gasteiger partial charge in [-0.25, -0.2) is 0 Å². The highest BCUT2D eigenvalue weighted by molar-refractivity contribution is 6.02. The fourth-order valence-electron chi connectivity index (χ4n) is 2.43. The van der Waals surface area contributed by atoms with E-state index in [-0.39, 0.29) is 5.91 Å². The molecule has 1 aliphatic carbocycles. The molecule has 1 saturated carbocycles. The molecule has 1 aliphatic rings. The standard InChI is InChI=1S/C16H16N6O/c23-16(14-8-13(19-20-14)12-3-4-12)18-15-5-7-22(21-15)10-11-2-1-6-17-9-11/h1-2,5-9,12H,3-4,10H2,(H,19,20)(H,18,21,23). The van der Waals surface area contributed by atoms with Crippen LogP contribution in [0.4, 0.5) is 5.82 Å². The Balaban J connectivity index is 1.41. The monoisotopic (exact) mass is 308 g/mol. The number of carbonyl (C=O) groups excluding carboxylic acids is 1. The van der Waals surface area contributed by atoms with Crippen molar-refractivity contribution < 1.29 is 4.79 Å². The maximum absolute atomic E-state index is 12.2. The maximum Gasteiger partial charge on any atom is 0.277 e. The lowest BCUT2D eigenvalue weighted by Crippen LogP contribution is -2.13. The molecule has 4 rings (SSSR count). The molecule has 116 valence electrons. The zero-order valence-corrected chi connectivity index (χ0v) is 12.4. The van der Waals surface area contributed by atoms with Crippen LogP contribution in [0.2, 0.25) is 0 Å². The summed E-state index contributed by atoms with van der Waals surface area (Å²) < 4.78 is 1.76. The Labute approximate surface area is 132 Å². The van der Waals surface area contributed by atoms with Gasteiger partial charge in [0.2, 0.25) is 0 Å². The fourth-order valence-corrected chi connectivity index (χ4v) is 2.43. The SMILES string of the molecule is O=C(Nc1ccn(Cc2cccnc2)n1)c1cc(C2CC2)[nH]n1. The molecule has 2 N–H and O–H groups in total. The van der Waals surface area contributed by atoms with Crippen molar-refractivity contribution in [3.05, 3.63) is 59.8 Å². The molecular weight excluding hydrogens is 292 g/mol. The van der Waals surface area contributed by atoms with Crippen molar-refractivity contribution in [3.63, 3.8) is 0 Å². The average Bonchev–Trinajstić information content (AvgIpc) is 3.13. The zero-order chi connectivity index (χ0) is 15.6. The molecule has 0 aromatic carbocycles. The normalized spacial score (nSPS) is 13.9. The molecule has 3 aromatic heterocycles. The number of amides is 1. The smallest absolute Gasteiger partial charge is 0.277 e. The van der Waals surface area contributed by atoms with Gasteiger partial charge in [0, 0.05) is 36.3 Å². The van der Waals surface area contributed by atoms with Crippen LogP contribution in [0.5, 0.6) is 0 Å². The number of aromatic nitrogens is 5. The first-order valence-electron chi connectivity index (χ1n) is 7.57. The van der Waals surface area contributed by atoms with Crippen LogP contribution in [0.15, 0.2) is 42.9 Å². The highest BCUT2D eigenvalue weighted by atomic mass is 16.2. The summed E-state index contributed by atoms with van der Waals surface area (Å²) in [4.78, 5) is 16.3. The van der Waals surface area contributed by atoms with Crippen molar-refractivity contribution in [2.45, 2.75) is 25.3 Å². The minimum atomic E-state index is -0.250. The summed E-state index contributed by atoms with van der Waals surface area (Å²) in [6, 6.07) is 7.45. The molecule has 0 saturated heterocycles. The second-order valence-electron chi connectivity index (χ2n) is 5.70. The van der Waals surface area contributed by atoms with Gasteiger partial charge in [-0.2, -0.15) is 10.2 Å². The van der Waals surface area contributed by atoms with E-state index in [4.69, 9.17) is 0 Å². The van der Waals surface area contributed by atoms with Gasteiger partial charge >= 0.3 is 0 Å². The number of H-pyrrole nitrogens is 1. The van der Waals surface area contributed by atoms with E-state index in [9.17, 15) is 4.79 Å². The van der Waals surface area contributed by atoms with Crippen LogP contribution in [-0.2, 0) is 6.54 Å². The highest BCUT2D eigenvalue weighted by Crippen LogP contribution is 2.39. The van der Waals surface area contributed by atoms with E-state index >= 15 is 0 Å². The van der Waals surface area contributed by atoms with Gasteiger partial charge in [-0.15, -0.1) is 0 Å². The van der Waals surface area contributed by atoms with Crippen LogP contribution in [-0.4, -0.2) is 30.9 Å². The minimum absolute atomic E-state index is 0.250. The molecule has 7 nitrogen and oxygen atoms in total. The van der Waals surface area contributed by atoms with Gasteiger partial charge < -0.3 is 5.32 Å². The van der Waals surface area contributed by atoms with E-state index in [2.05, 4.69) is 25.6 Å². The second-order valence-corrected chi connectivity index (χ2v) is 5.70. The van der Waals surface area contributed by atoms with Crippen LogP contribution >= 0.6 is 0 Å². The van der Waals surface area contributed by atoms with E-state index in [1.165, 1.54) is 12.8 Å². The summed E-state index contributed by atoms with van der Waals surface area (Å²) in [7, 11) is 0. The Kier molecular flexibility index (Phi) is 3.38. The summed E-state index contributed by atoms with van der Waals surface area (Å²) in [5, 5.41) is 14.1. The third-order valence-corrected chi connectivity index (χ3v) is 3.80. The number of aromatic amines is 1. The first kappa shape index (κ1) is 13.7. The third kappa shape index (κ3) is 3.13. The molecule has 0 radical (unpaired) electrons. The first-order chi connectivity index (χ1) is 11.3. The van der Waals surface area contributed by atoms with Crippen LogP contribution < -0.4 is 5.32 Å². The second kappa shape index (κ2) is 5.68. The molecule has 0 spiro atoms. The van der Waals surface area contributed by atoms with Crippen molar-refractivity contribution in [1.29, 1.82) is 0 Å². The predicted molar refractivity (Wildman–Crippen MR) is 84.1 cm³/mol. The summed E-state index contributed by atoms with van der Waals surface area (Å²) in [5.74, 6) is 0.803. The number of hydrogen-bond donors (Lipinski definition) is 2. The number of nitrogens with zero attached hydrogens (tertiary/aromatic N) is 4. The van der Waals surface area contributed by atoms with Crippen molar-refractivity contribution in [2.24, 2.45) is 0 Å². The fraction of sp³-hybridized carbons (Fsp3) is 0.250. The molecule has 0 unspecified atom stereocenters. The number of hydrogen-bond acceptors (Lipinski definition) is 4. The van der Waals surface area contributed by atoms with Gasteiger partial charge in [0.1, 0.15) is 0 Å². The number of anilines is 1. The topological polar surface area (TPSA) is 88.5 Å². The van der Waals surface area contributed by atoms with Gasteiger partial charge in [0.15, 0.2) is 11.5 Å². The van der Waals surface area contributed by atoms with Crippen LogP contribution in [0.25, 0.3) is 0 Å². The molecule has 7 heteroatoms. The number of pyridine rings is 1. The van der Waals surface area contributed by atoms with Gasteiger partial charge in [-0.3, -0.25) is 19.6 Å². The average molecular weight is 308 g/mol.